The Morgan fingerprint density at radius 2 is 2.04 bits per heavy atom. The number of fused-ring (bicyclic) bond motifs is 1. The molecule has 9 nitrogen and oxygen atoms in total. The van der Waals surface area contributed by atoms with Gasteiger partial charge in [-0.3, -0.25) is 19.7 Å². The molecule has 1 aromatic carbocycles. The summed E-state index contributed by atoms with van der Waals surface area (Å²) < 4.78 is 10.4. The first-order valence-corrected chi connectivity index (χ1v) is 8.73. The number of hydrogen-bond acceptors (Lipinski definition) is 7. The molecular formula is C19H14N4O5. The first kappa shape index (κ1) is 16.4. The van der Waals surface area contributed by atoms with Crippen molar-refractivity contribution in [2.45, 2.75) is 25.4 Å². The third-order valence-corrected chi connectivity index (χ3v) is 5.01. The van der Waals surface area contributed by atoms with Gasteiger partial charge in [0, 0.05) is 30.2 Å². The standard InChI is InChI=1S/C19H14N4O5/c24-17-4-3-15(18(25)21-17)23-7-11-5-10(1-2-12(11)19(23)26)16-6-13(22-28-16)14-8-27-9-20-14/h1-2,5-6,8-9,15H,3-4,7H2,(H,21,24,25). The molecule has 1 atom stereocenters. The van der Waals surface area contributed by atoms with Gasteiger partial charge in [-0.25, -0.2) is 4.98 Å². The molecule has 3 amide bonds. The average molecular weight is 378 g/mol. The molecule has 140 valence electrons. The second-order valence-electron chi connectivity index (χ2n) is 6.72. The van der Waals surface area contributed by atoms with E-state index in [9.17, 15) is 14.4 Å². The molecule has 2 aliphatic rings. The highest BCUT2D eigenvalue weighted by molar-refractivity contribution is 6.05. The topological polar surface area (TPSA) is 119 Å². The number of nitrogens with one attached hydrogen (secondary N) is 1. The Kier molecular flexibility index (Phi) is 3.61. The number of aromatic nitrogens is 2. The van der Waals surface area contributed by atoms with Crippen molar-refractivity contribution in [2.24, 2.45) is 0 Å². The first-order chi connectivity index (χ1) is 13.6. The summed E-state index contributed by atoms with van der Waals surface area (Å²) in [5.41, 5.74) is 3.22. The normalized spacial score (nSPS) is 19.1. The fraction of sp³-hybridized carbons (Fsp3) is 0.211. The third-order valence-electron chi connectivity index (χ3n) is 5.01. The largest absolute Gasteiger partial charge is 0.451 e. The number of oxazole rings is 1. The predicted molar refractivity (Wildman–Crippen MR) is 93.5 cm³/mol. The van der Waals surface area contributed by atoms with Crippen molar-refractivity contribution < 1.29 is 23.3 Å². The Bertz CT molecular complexity index is 1100. The van der Waals surface area contributed by atoms with Gasteiger partial charge < -0.3 is 13.8 Å². The highest BCUT2D eigenvalue weighted by Gasteiger charge is 2.39. The van der Waals surface area contributed by atoms with Crippen molar-refractivity contribution in [1.29, 1.82) is 0 Å². The van der Waals surface area contributed by atoms with Crippen LogP contribution in [-0.2, 0) is 16.1 Å². The monoisotopic (exact) mass is 378 g/mol. The molecule has 1 saturated heterocycles. The van der Waals surface area contributed by atoms with E-state index in [4.69, 9.17) is 8.94 Å². The van der Waals surface area contributed by atoms with Gasteiger partial charge in [0.1, 0.15) is 23.7 Å². The molecular weight excluding hydrogens is 364 g/mol. The van der Waals surface area contributed by atoms with Gasteiger partial charge in [0.2, 0.25) is 11.8 Å². The summed E-state index contributed by atoms with van der Waals surface area (Å²) >= 11 is 0. The van der Waals surface area contributed by atoms with E-state index in [-0.39, 0.29) is 18.2 Å². The molecule has 0 radical (unpaired) electrons. The second kappa shape index (κ2) is 6.15. The van der Waals surface area contributed by atoms with Crippen LogP contribution in [0.5, 0.6) is 0 Å². The lowest BCUT2D eigenvalue weighted by atomic mass is 10.0. The Labute approximate surface area is 158 Å². The molecule has 5 rings (SSSR count). The minimum atomic E-state index is -0.634. The Morgan fingerprint density at radius 1 is 1.14 bits per heavy atom. The van der Waals surface area contributed by atoms with E-state index in [1.165, 1.54) is 17.6 Å². The van der Waals surface area contributed by atoms with Crippen LogP contribution >= 0.6 is 0 Å². The maximum Gasteiger partial charge on any atom is 0.255 e. The van der Waals surface area contributed by atoms with E-state index in [1.54, 1.807) is 18.2 Å². The van der Waals surface area contributed by atoms with E-state index >= 15 is 0 Å². The minimum Gasteiger partial charge on any atom is -0.451 e. The van der Waals surface area contributed by atoms with E-state index in [0.29, 0.717) is 35.7 Å². The van der Waals surface area contributed by atoms with E-state index < -0.39 is 11.9 Å². The van der Waals surface area contributed by atoms with Crippen molar-refractivity contribution in [3.8, 4) is 22.7 Å². The zero-order valence-corrected chi connectivity index (χ0v) is 14.5. The predicted octanol–water partition coefficient (Wildman–Crippen LogP) is 1.76. The molecule has 1 N–H and O–H groups in total. The average Bonchev–Trinajstić information content (AvgIpc) is 3.41. The van der Waals surface area contributed by atoms with Gasteiger partial charge in [-0.15, -0.1) is 0 Å². The van der Waals surface area contributed by atoms with Crippen molar-refractivity contribution in [3.63, 3.8) is 0 Å². The van der Waals surface area contributed by atoms with Crippen LogP contribution < -0.4 is 5.32 Å². The molecule has 4 heterocycles. The highest BCUT2D eigenvalue weighted by atomic mass is 16.5. The number of nitrogens with zero attached hydrogens (tertiary/aromatic N) is 3. The van der Waals surface area contributed by atoms with Crippen LogP contribution in [0.15, 0.2) is 45.9 Å². The molecule has 1 unspecified atom stereocenters. The number of rotatable bonds is 3. The summed E-state index contributed by atoms with van der Waals surface area (Å²) in [5.74, 6) is -0.407. The van der Waals surface area contributed by atoms with Crippen LogP contribution in [0, 0.1) is 0 Å². The van der Waals surface area contributed by atoms with Crippen LogP contribution in [0.1, 0.15) is 28.8 Å². The quantitative estimate of drug-likeness (QED) is 0.690. The van der Waals surface area contributed by atoms with Crippen LogP contribution in [0.3, 0.4) is 0 Å². The smallest absolute Gasteiger partial charge is 0.255 e. The number of piperidine rings is 1. The molecule has 0 bridgehead atoms. The molecule has 2 aliphatic heterocycles. The van der Waals surface area contributed by atoms with E-state index in [1.807, 2.05) is 6.07 Å². The fourth-order valence-corrected chi connectivity index (χ4v) is 3.60. The summed E-state index contributed by atoms with van der Waals surface area (Å²) in [5, 5.41) is 6.29. The molecule has 0 spiro atoms. The zero-order chi connectivity index (χ0) is 19.3. The maximum absolute atomic E-state index is 12.7. The Morgan fingerprint density at radius 3 is 2.82 bits per heavy atom. The summed E-state index contributed by atoms with van der Waals surface area (Å²) in [6.07, 6.45) is 3.35. The van der Waals surface area contributed by atoms with Crippen LogP contribution in [0.25, 0.3) is 22.7 Å². The molecule has 28 heavy (non-hydrogen) atoms. The molecule has 0 saturated carbocycles. The minimum absolute atomic E-state index is 0.211. The summed E-state index contributed by atoms with van der Waals surface area (Å²) in [6.45, 7) is 0.304. The van der Waals surface area contributed by atoms with Crippen LogP contribution in [0.4, 0.5) is 0 Å². The summed E-state index contributed by atoms with van der Waals surface area (Å²) in [6, 6.07) is 6.46. The zero-order valence-electron chi connectivity index (χ0n) is 14.5. The van der Waals surface area contributed by atoms with E-state index in [0.717, 1.165) is 11.1 Å². The lowest BCUT2D eigenvalue weighted by Gasteiger charge is -2.29. The molecule has 2 aromatic heterocycles. The van der Waals surface area contributed by atoms with Crippen molar-refractivity contribution in [2.75, 3.05) is 0 Å². The maximum atomic E-state index is 12.7. The molecule has 1 fully saturated rings. The molecule has 3 aromatic rings. The van der Waals surface area contributed by atoms with Gasteiger partial charge >= 0.3 is 0 Å². The Balaban J connectivity index is 1.42. The van der Waals surface area contributed by atoms with Gasteiger partial charge in [-0.1, -0.05) is 11.2 Å². The van der Waals surface area contributed by atoms with Crippen LogP contribution in [0.2, 0.25) is 0 Å². The summed E-state index contributed by atoms with van der Waals surface area (Å²) in [7, 11) is 0. The SMILES string of the molecule is O=C1CCC(N2Cc3cc(-c4cc(-c5cocn5)no4)ccc3C2=O)C(=O)N1. The van der Waals surface area contributed by atoms with Crippen molar-refractivity contribution in [1.82, 2.24) is 20.4 Å². The van der Waals surface area contributed by atoms with Gasteiger partial charge in [0.05, 0.1) is 0 Å². The number of imide groups is 1. The number of benzene rings is 1. The first-order valence-electron chi connectivity index (χ1n) is 8.73. The van der Waals surface area contributed by atoms with Crippen molar-refractivity contribution in [3.05, 3.63) is 48.0 Å². The van der Waals surface area contributed by atoms with Crippen LogP contribution in [-0.4, -0.2) is 38.8 Å². The number of carbonyl (C=O) groups is 3. The van der Waals surface area contributed by atoms with Gasteiger partial charge in [0.15, 0.2) is 12.2 Å². The number of hydrogen-bond donors (Lipinski definition) is 1. The molecule has 9 heteroatoms. The highest BCUT2D eigenvalue weighted by Crippen LogP contribution is 2.32. The Hall–Kier alpha value is -3.75. The lowest BCUT2D eigenvalue weighted by Crippen LogP contribution is -2.52. The van der Waals surface area contributed by atoms with E-state index in [2.05, 4.69) is 15.5 Å². The van der Waals surface area contributed by atoms with Gasteiger partial charge in [-0.05, 0) is 24.1 Å². The second-order valence-corrected chi connectivity index (χ2v) is 6.72. The van der Waals surface area contributed by atoms with Gasteiger partial charge in [0.25, 0.3) is 5.91 Å². The lowest BCUT2D eigenvalue weighted by molar-refractivity contribution is -0.136. The number of amides is 3. The summed E-state index contributed by atoms with van der Waals surface area (Å²) in [4.78, 5) is 41.8. The fourth-order valence-electron chi connectivity index (χ4n) is 3.60. The van der Waals surface area contributed by atoms with Gasteiger partial charge in [-0.2, -0.15) is 0 Å². The number of carbonyl (C=O) groups excluding carboxylic acids is 3. The third kappa shape index (κ3) is 2.59. The molecule has 0 aliphatic carbocycles. The van der Waals surface area contributed by atoms with Crippen molar-refractivity contribution >= 4 is 17.7 Å².